The lowest BCUT2D eigenvalue weighted by atomic mass is 10.0. The molecule has 0 aromatic heterocycles. The predicted octanol–water partition coefficient (Wildman–Crippen LogP) is 4.30. The van der Waals surface area contributed by atoms with E-state index in [1.165, 1.54) is 0 Å². The average Bonchev–Trinajstić information content (AvgIpc) is 2.04. The largest absolute Gasteiger partial charge is 0.272 e. The quantitative estimate of drug-likeness (QED) is 0.540. The second-order valence-electron chi connectivity index (χ2n) is 3.46. The summed E-state index contributed by atoms with van der Waals surface area (Å²) in [6, 6.07) is 5.39. The molecule has 15 heavy (non-hydrogen) atoms. The van der Waals surface area contributed by atoms with Gasteiger partial charge in [0.25, 0.3) is 5.69 Å². The molecule has 0 N–H and O–H groups in total. The van der Waals surface area contributed by atoms with Crippen molar-refractivity contribution in [1.29, 1.82) is 0 Å². The van der Waals surface area contributed by atoms with Crippen molar-refractivity contribution in [3.05, 3.63) is 39.4 Å². The molecule has 86 valence electrons. The molecule has 0 atom stereocenters. The van der Waals surface area contributed by atoms with Crippen LogP contribution in [-0.2, 0) is 0 Å². The summed E-state index contributed by atoms with van der Waals surface area (Å²) in [6.07, 6.45) is 0. The maximum atomic E-state index is 10.6. The Morgan fingerprint density at radius 3 is 2.20 bits per heavy atom. The normalized spacial score (nSPS) is 9.07. The zero-order chi connectivity index (χ0) is 10.0. The molecule has 3 nitrogen and oxygen atoms in total. The van der Waals surface area contributed by atoms with Gasteiger partial charge in [-0.25, -0.2) is 0 Å². The van der Waals surface area contributed by atoms with Gasteiger partial charge in [-0.05, 0) is 18.4 Å². The zero-order valence-electron chi connectivity index (χ0n) is 8.07. The fraction of sp³-hybridized carbons (Fsp3) is 0.500. The van der Waals surface area contributed by atoms with E-state index in [9.17, 15) is 10.1 Å². The molecule has 0 radical (unpaired) electrons. The van der Waals surface area contributed by atoms with Gasteiger partial charge in [-0.15, -0.1) is 0 Å². The molecule has 0 amide bonds. The molecule has 1 aromatic carbocycles. The Hall–Kier alpha value is -1.38. The van der Waals surface area contributed by atoms with Crippen LogP contribution >= 0.6 is 0 Å². The van der Waals surface area contributed by atoms with Crippen molar-refractivity contribution in [2.75, 3.05) is 0 Å². The predicted molar refractivity (Wildman–Crippen MR) is 65.4 cm³/mol. The minimum absolute atomic E-state index is 0. The van der Waals surface area contributed by atoms with Crippen LogP contribution in [0.25, 0.3) is 0 Å². The lowest BCUT2D eigenvalue weighted by Crippen LogP contribution is -1.94. The van der Waals surface area contributed by atoms with Gasteiger partial charge in [0.05, 0.1) is 4.92 Å². The van der Waals surface area contributed by atoms with E-state index >= 15 is 0 Å². The Morgan fingerprint density at radius 1 is 1.27 bits per heavy atom. The van der Waals surface area contributed by atoms with Crippen LogP contribution in [0.2, 0.25) is 0 Å². The fourth-order valence-electron chi connectivity index (χ4n) is 1.18. The number of nitro benzene ring substituents is 1. The van der Waals surface area contributed by atoms with Crippen LogP contribution in [0.5, 0.6) is 0 Å². The Balaban J connectivity index is 0. The Morgan fingerprint density at radius 2 is 1.80 bits per heavy atom. The second kappa shape index (κ2) is 6.17. The smallest absolute Gasteiger partial charge is 0.258 e. The van der Waals surface area contributed by atoms with E-state index in [1.807, 2.05) is 19.9 Å². The van der Waals surface area contributed by atoms with Crippen LogP contribution in [0.3, 0.4) is 0 Å². The van der Waals surface area contributed by atoms with E-state index in [-0.39, 0.29) is 25.5 Å². The Labute approximate surface area is 92.3 Å². The van der Waals surface area contributed by atoms with Gasteiger partial charge in [0, 0.05) is 11.6 Å². The first-order chi connectivity index (χ1) is 6.02. The molecular formula is C12H21NO2. The van der Waals surface area contributed by atoms with Gasteiger partial charge in [-0.2, -0.15) is 0 Å². The van der Waals surface area contributed by atoms with E-state index in [2.05, 4.69) is 0 Å². The third-order valence-corrected chi connectivity index (χ3v) is 2.10. The number of hydrogen-bond donors (Lipinski definition) is 0. The fourth-order valence-corrected chi connectivity index (χ4v) is 1.18. The first-order valence-corrected chi connectivity index (χ1v) is 4.27. The van der Waals surface area contributed by atoms with Crippen LogP contribution in [0.4, 0.5) is 5.69 Å². The number of nitro groups is 1. The number of rotatable bonds is 2. The van der Waals surface area contributed by atoms with E-state index in [4.69, 9.17) is 0 Å². The van der Waals surface area contributed by atoms with Crippen LogP contribution in [0.1, 0.15) is 45.7 Å². The molecule has 3 heteroatoms. The molecule has 1 rings (SSSR count). The zero-order valence-corrected chi connectivity index (χ0v) is 8.07. The SMILES string of the molecule is C.C.Cc1ccc(C(C)C)cc1[N+](=O)[O-]. The summed E-state index contributed by atoms with van der Waals surface area (Å²) in [7, 11) is 0. The average molecular weight is 211 g/mol. The van der Waals surface area contributed by atoms with Crippen molar-refractivity contribution in [3.8, 4) is 0 Å². The van der Waals surface area contributed by atoms with Gasteiger partial charge in [-0.3, -0.25) is 10.1 Å². The van der Waals surface area contributed by atoms with Crippen LogP contribution in [-0.4, -0.2) is 4.92 Å². The summed E-state index contributed by atoms with van der Waals surface area (Å²) in [5, 5.41) is 10.6. The molecule has 0 saturated carbocycles. The standard InChI is InChI=1S/C10H13NO2.2CH4/c1-7(2)9-5-4-8(3)10(6-9)11(12)13;;/h4-7H,1-3H3;2*1H4. The lowest BCUT2D eigenvalue weighted by molar-refractivity contribution is -0.385. The molecule has 0 aliphatic heterocycles. The van der Waals surface area contributed by atoms with Gasteiger partial charge in [-0.1, -0.05) is 40.8 Å². The first-order valence-electron chi connectivity index (χ1n) is 4.27. The van der Waals surface area contributed by atoms with E-state index in [0.717, 1.165) is 11.1 Å². The highest BCUT2D eigenvalue weighted by atomic mass is 16.6. The summed E-state index contributed by atoms with van der Waals surface area (Å²) >= 11 is 0. The number of benzene rings is 1. The summed E-state index contributed by atoms with van der Waals surface area (Å²) in [6.45, 7) is 5.80. The molecule has 0 aliphatic carbocycles. The summed E-state index contributed by atoms with van der Waals surface area (Å²) in [4.78, 5) is 10.3. The third kappa shape index (κ3) is 3.70. The topological polar surface area (TPSA) is 43.1 Å². The van der Waals surface area contributed by atoms with Crippen LogP contribution in [0, 0.1) is 17.0 Å². The number of hydrogen-bond acceptors (Lipinski definition) is 2. The van der Waals surface area contributed by atoms with Crippen molar-refractivity contribution < 1.29 is 4.92 Å². The highest BCUT2D eigenvalue weighted by molar-refractivity contribution is 5.43. The summed E-state index contributed by atoms with van der Waals surface area (Å²) in [5.41, 5.74) is 1.94. The second-order valence-corrected chi connectivity index (χ2v) is 3.46. The monoisotopic (exact) mass is 211 g/mol. The van der Waals surface area contributed by atoms with Gasteiger partial charge < -0.3 is 0 Å². The van der Waals surface area contributed by atoms with Crippen molar-refractivity contribution in [2.24, 2.45) is 0 Å². The van der Waals surface area contributed by atoms with Crippen LogP contribution in [0.15, 0.2) is 18.2 Å². The molecule has 0 spiro atoms. The van der Waals surface area contributed by atoms with Crippen LogP contribution < -0.4 is 0 Å². The van der Waals surface area contributed by atoms with Crippen molar-refractivity contribution in [3.63, 3.8) is 0 Å². The van der Waals surface area contributed by atoms with Crippen molar-refractivity contribution in [1.82, 2.24) is 0 Å². The summed E-state index contributed by atoms with van der Waals surface area (Å²) in [5.74, 6) is 0.333. The minimum Gasteiger partial charge on any atom is -0.258 e. The maximum Gasteiger partial charge on any atom is 0.272 e. The summed E-state index contributed by atoms with van der Waals surface area (Å²) < 4.78 is 0. The molecule has 0 aliphatic rings. The number of aryl methyl sites for hydroxylation is 1. The van der Waals surface area contributed by atoms with Gasteiger partial charge in [0.15, 0.2) is 0 Å². The maximum absolute atomic E-state index is 10.6. The Bertz CT molecular complexity index is 332. The van der Waals surface area contributed by atoms with Crippen molar-refractivity contribution >= 4 is 5.69 Å². The highest BCUT2D eigenvalue weighted by Crippen LogP contribution is 2.23. The molecular weight excluding hydrogens is 190 g/mol. The highest BCUT2D eigenvalue weighted by Gasteiger charge is 2.11. The van der Waals surface area contributed by atoms with Crippen molar-refractivity contribution in [2.45, 2.75) is 41.5 Å². The first kappa shape index (κ1) is 16.1. The Kier molecular flexibility index (Phi) is 6.61. The van der Waals surface area contributed by atoms with Gasteiger partial charge in [0.1, 0.15) is 0 Å². The third-order valence-electron chi connectivity index (χ3n) is 2.10. The molecule has 0 unspecified atom stereocenters. The van der Waals surface area contributed by atoms with Gasteiger partial charge in [0.2, 0.25) is 0 Å². The minimum atomic E-state index is -0.332. The lowest BCUT2D eigenvalue weighted by Gasteiger charge is -2.05. The van der Waals surface area contributed by atoms with Gasteiger partial charge >= 0.3 is 0 Å². The molecule has 0 heterocycles. The number of nitrogens with zero attached hydrogens (tertiary/aromatic N) is 1. The molecule has 0 fully saturated rings. The van der Waals surface area contributed by atoms with E-state index < -0.39 is 0 Å². The molecule has 1 aromatic rings. The molecule has 0 bridgehead atoms. The molecule has 0 saturated heterocycles. The van der Waals surface area contributed by atoms with E-state index in [1.54, 1.807) is 19.1 Å². The van der Waals surface area contributed by atoms with E-state index in [0.29, 0.717) is 5.92 Å².